The summed E-state index contributed by atoms with van der Waals surface area (Å²) in [6.07, 6.45) is 0. The molecule has 0 radical (unpaired) electrons. The molecule has 0 amide bonds. The van der Waals surface area contributed by atoms with E-state index in [-0.39, 0.29) is 0 Å². The smallest absolute Gasteiger partial charge is 0.423 e. The summed E-state index contributed by atoms with van der Waals surface area (Å²) >= 11 is 0. The van der Waals surface area contributed by atoms with Crippen LogP contribution in [0.2, 0.25) is 0 Å². The molecular weight excluding hydrogens is 227 g/mol. The van der Waals surface area contributed by atoms with Crippen LogP contribution < -0.4 is 10.4 Å². The van der Waals surface area contributed by atoms with Crippen molar-refractivity contribution in [2.45, 2.75) is 25.9 Å². The van der Waals surface area contributed by atoms with Crippen molar-refractivity contribution in [1.29, 1.82) is 0 Å². The first kappa shape index (κ1) is 13.4. The SMILES string of the molecule is CC1CN(c2ccc(B(O)O)cc2)CC(C)N1C. The first-order chi connectivity index (χ1) is 8.49. The number of nitrogens with zero attached hydrogens (tertiary/aromatic N) is 2. The van der Waals surface area contributed by atoms with Crippen LogP contribution in [0.1, 0.15) is 13.8 Å². The lowest BCUT2D eigenvalue weighted by atomic mass is 9.80. The number of likely N-dealkylation sites (N-methyl/N-ethyl adjacent to an activating group) is 1. The van der Waals surface area contributed by atoms with E-state index in [1.807, 2.05) is 12.1 Å². The van der Waals surface area contributed by atoms with Gasteiger partial charge >= 0.3 is 7.12 Å². The fourth-order valence-electron chi connectivity index (χ4n) is 2.47. The van der Waals surface area contributed by atoms with E-state index in [9.17, 15) is 0 Å². The lowest BCUT2D eigenvalue weighted by molar-refractivity contribution is 0.170. The second-order valence-electron chi connectivity index (χ2n) is 5.23. The summed E-state index contributed by atoms with van der Waals surface area (Å²) in [7, 11) is 0.780. The normalized spacial score (nSPS) is 25.3. The average Bonchev–Trinajstić information content (AvgIpc) is 2.35. The van der Waals surface area contributed by atoms with Crippen molar-refractivity contribution in [2.24, 2.45) is 0 Å². The summed E-state index contributed by atoms with van der Waals surface area (Å²) in [6, 6.07) is 8.51. The van der Waals surface area contributed by atoms with Crippen molar-refractivity contribution in [1.82, 2.24) is 4.90 Å². The van der Waals surface area contributed by atoms with Crippen molar-refractivity contribution in [3.05, 3.63) is 24.3 Å². The molecule has 1 aromatic carbocycles. The van der Waals surface area contributed by atoms with Crippen LogP contribution in [0, 0.1) is 0 Å². The van der Waals surface area contributed by atoms with Crippen LogP contribution in [0.4, 0.5) is 5.69 Å². The Labute approximate surface area is 109 Å². The van der Waals surface area contributed by atoms with E-state index < -0.39 is 7.12 Å². The maximum atomic E-state index is 9.08. The molecule has 0 saturated carbocycles. The molecule has 98 valence electrons. The first-order valence-corrected chi connectivity index (χ1v) is 6.42. The van der Waals surface area contributed by atoms with E-state index in [4.69, 9.17) is 10.0 Å². The number of hydrogen-bond donors (Lipinski definition) is 2. The van der Waals surface area contributed by atoms with Gasteiger partial charge in [0, 0.05) is 30.9 Å². The maximum Gasteiger partial charge on any atom is 0.488 e. The fraction of sp³-hybridized carbons (Fsp3) is 0.538. The lowest BCUT2D eigenvalue weighted by Crippen LogP contribution is -2.55. The third-order valence-corrected chi connectivity index (χ3v) is 3.92. The van der Waals surface area contributed by atoms with Gasteiger partial charge in [0.25, 0.3) is 0 Å². The minimum atomic E-state index is -1.38. The zero-order valence-electron chi connectivity index (χ0n) is 11.2. The molecule has 1 fully saturated rings. The molecule has 5 heteroatoms. The standard InChI is InChI=1S/C13H21BN2O2/c1-10-8-16(9-11(2)15(10)3)13-6-4-12(5-7-13)14(17)18/h4-7,10-11,17-18H,8-9H2,1-3H3. The quantitative estimate of drug-likeness (QED) is 0.717. The van der Waals surface area contributed by atoms with Gasteiger partial charge in [-0.05, 0) is 38.5 Å². The van der Waals surface area contributed by atoms with Gasteiger partial charge in [0.15, 0.2) is 0 Å². The molecule has 1 aromatic rings. The van der Waals surface area contributed by atoms with Crippen LogP contribution in [0.3, 0.4) is 0 Å². The third-order valence-electron chi connectivity index (χ3n) is 3.92. The van der Waals surface area contributed by atoms with Crippen molar-refractivity contribution >= 4 is 18.3 Å². The van der Waals surface area contributed by atoms with Crippen LogP contribution in [0.15, 0.2) is 24.3 Å². The van der Waals surface area contributed by atoms with Gasteiger partial charge in [-0.25, -0.2) is 0 Å². The Balaban J connectivity index is 2.12. The summed E-state index contributed by atoms with van der Waals surface area (Å²) in [5, 5.41) is 18.2. The predicted octanol–water partition coefficient (Wildman–Crippen LogP) is -0.105. The van der Waals surface area contributed by atoms with Gasteiger partial charge < -0.3 is 14.9 Å². The minimum absolute atomic E-state index is 0.525. The second-order valence-corrected chi connectivity index (χ2v) is 5.23. The van der Waals surface area contributed by atoms with Gasteiger partial charge in [-0.15, -0.1) is 0 Å². The Morgan fingerprint density at radius 3 is 2.00 bits per heavy atom. The van der Waals surface area contributed by atoms with Gasteiger partial charge in [0.2, 0.25) is 0 Å². The van der Waals surface area contributed by atoms with Gasteiger partial charge in [-0.2, -0.15) is 0 Å². The van der Waals surface area contributed by atoms with Gasteiger partial charge in [-0.3, -0.25) is 4.90 Å². The maximum absolute atomic E-state index is 9.08. The van der Waals surface area contributed by atoms with Gasteiger partial charge in [-0.1, -0.05) is 12.1 Å². The Morgan fingerprint density at radius 2 is 1.56 bits per heavy atom. The molecule has 1 aliphatic heterocycles. The topological polar surface area (TPSA) is 46.9 Å². The Bertz CT molecular complexity index is 384. The monoisotopic (exact) mass is 248 g/mol. The highest BCUT2D eigenvalue weighted by molar-refractivity contribution is 6.58. The highest BCUT2D eigenvalue weighted by atomic mass is 16.4. The zero-order valence-corrected chi connectivity index (χ0v) is 11.2. The molecule has 0 aliphatic carbocycles. The van der Waals surface area contributed by atoms with Crippen molar-refractivity contribution < 1.29 is 10.0 Å². The average molecular weight is 248 g/mol. The van der Waals surface area contributed by atoms with Crippen LogP contribution >= 0.6 is 0 Å². The number of rotatable bonds is 2. The van der Waals surface area contributed by atoms with Crippen molar-refractivity contribution in [3.8, 4) is 0 Å². The third kappa shape index (κ3) is 2.69. The van der Waals surface area contributed by atoms with E-state index in [0.717, 1.165) is 18.8 Å². The molecule has 2 unspecified atom stereocenters. The molecule has 0 bridgehead atoms. The van der Waals surface area contributed by atoms with Crippen LogP contribution in [-0.2, 0) is 0 Å². The second kappa shape index (κ2) is 5.30. The Kier molecular flexibility index (Phi) is 3.95. The number of benzene rings is 1. The molecule has 1 aliphatic rings. The Hall–Kier alpha value is -1.04. The van der Waals surface area contributed by atoms with Crippen molar-refractivity contribution in [2.75, 3.05) is 25.0 Å². The summed E-state index contributed by atoms with van der Waals surface area (Å²) < 4.78 is 0. The summed E-state index contributed by atoms with van der Waals surface area (Å²) in [5.74, 6) is 0. The minimum Gasteiger partial charge on any atom is -0.423 e. The molecule has 4 nitrogen and oxygen atoms in total. The van der Waals surface area contributed by atoms with E-state index in [2.05, 4.69) is 30.7 Å². The molecule has 0 spiro atoms. The summed E-state index contributed by atoms with van der Waals surface area (Å²) in [4.78, 5) is 4.74. The predicted molar refractivity (Wildman–Crippen MR) is 75.2 cm³/mol. The zero-order chi connectivity index (χ0) is 13.3. The molecule has 18 heavy (non-hydrogen) atoms. The fourth-order valence-corrected chi connectivity index (χ4v) is 2.47. The van der Waals surface area contributed by atoms with E-state index >= 15 is 0 Å². The summed E-state index contributed by atoms with van der Waals surface area (Å²) in [5.41, 5.74) is 1.68. The van der Waals surface area contributed by atoms with Crippen molar-refractivity contribution in [3.63, 3.8) is 0 Å². The highest BCUT2D eigenvalue weighted by Crippen LogP contribution is 2.20. The molecule has 2 N–H and O–H groups in total. The van der Waals surface area contributed by atoms with Crippen LogP contribution in [0.25, 0.3) is 0 Å². The Morgan fingerprint density at radius 1 is 1.06 bits per heavy atom. The molecule has 2 atom stereocenters. The number of anilines is 1. The lowest BCUT2D eigenvalue weighted by Gasteiger charge is -2.43. The molecule has 0 aromatic heterocycles. The largest absolute Gasteiger partial charge is 0.488 e. The van der Waals surface area contributed by atoms with E-state index in [1.165, 1.54) is 0 Å². The van der Waals surface area contributed by atoms with E-state index in [1.54, 1.807) is 12.1 Å². The highest BCUT2D eigenvalue weighted by Gasteiger charge is 2.26. The molecule has 1 heterocycles. The van der Waals surface area contributed by atoms with E-state index in [0.29, 0.717) is 17.5 Å². The number of hydrogen-bond acceptors (Lipinski definition) is 4. The van der Waals surface area contributed by atoms with Gasteiger partial charge in [0.1, 0.15) is 0 Å². The molecule has 1 saturated heterocycles. The molecular formula is C13H21BN2O2. The molecule has 2 rings (SSSR count). The van der Waals surface area contributed by atoms with Crippen LogP contribution in [0.5, 0.6) is 0 Å². The van der Waals surface area contributed by atoms with Gasteiger partial charge in [0.05, 0.1) is 0 Å². The van der Waals surface area contributed by atoms with Crippen LogP contribution in [-0.4, -0.2) is 54.3 Å². The summed E-state index contributed by atoms with van der Waals surface area (Å²) in [6.45, 7) is 6.47. The first-order valence-electron chi connectivity index (χ1n) is 6.42. The number of piperazine rings is 1.